The van der Waals surface area contributed by atoms with Crippen LogP contribution in [0.1, 0.15) is 67.7 Å². The minimum Gasteiger partial charge on any atom is -0.463 e. The molecule has 0 fully saturated rings. The smallest absolute Gasteiger partial charge is 0.307 e. The Morgan fingerprint density at radius 1 is 0.867 bits per heavy atom. The van der Waals surface area contributed by atoms with Gasteiger partial charge in [-0.1, -0.05) is 85.3 Å². The van der Waals surface area contributed by atoms with Crippen molar-refractivity contribution in [3.8, 4) is 0 Å². The number of esters is 2. The highest BCUT2D eigenvalue weighted by molar-refractivity contribution is 6.01. The van der Waals surface area contributed by atoms with Gasteiger partial charge in [0, 0.05) is 6.42 Å². The summed E-state index contributed by atoms with van der Waals surface area (Å²) in [6, 6.07) is 0. The molecule has 5 unspecified atom stereocenters. The van der Waals surface area contributed by atoms with Gasteiger partial charge in [-0.3, -0.25) is 14.4 Å². The molecule has 0 aromatic carbocycles. The van der Waals surface area contributed by atoms with Crippen LogP contribution in [-0.4, -0.2) is 87.0 Å². The summed E-state index contributed by atoms with van der Waals surface area (Å²) >= 11 is 0. The molecular formula is C35H50O10. The first kappa shape index (κ1) is 39.6. The van der Waals surface area contributed by atoms with Gasteiger partial charge in [-0.05, 0) is 51.2 Å². The molecule has 1 rings (SSSR count). The number of aliphatic hydroxyl groups is 5. The van der Waals surface area contributed by atoms with Crippen molar-refractivity contribution in [2.45, 2.75) is 98.2 Å². The zero-order valence-electron chi connectivity index (χ0n) is 27.4. The summed E-state index contributed by atoms with van der Waals surface area (Å²) in [6.45, 7) is 12.1. The van der Waals surface area contributed by atoms with E-state index in [4.69, 9.17) is 14.6 Å². The molecule has 0 heterocycles. The van der Waals surface area contributed by atoms with Gasteiger partial charge in [-0.2, -0.15) is 0 Å². The maximum Gasteiger partial charge on any atom is 0.307 e. The summed E-state index contributed by atoms with van der Waals surface area (Å²) in [5, 5.41) is 47.4. The molecule has 0 radical (unpaired) electrons. The Morgan fingerprint density at radius 2 is 1.42 bits per heavy atom. The van der Waals surface area contributed by atoms with Gasteiger partial charge in [0.2, 0.25) is 0 Å². The Bertz CT molecular complexity index is 1240. The van der Waals surface area contributed by atoms with Gasteiger partial charge in [0.15, 0.2) is 11.9 Å². The quantitative estimate of drug-likeness (QED) is 0.126. The Labute approximate surface area is 266 Å². The van der Waals surface area contributed by atoms with E-state index in [1.165, 1.54) is 5.57 Å². The number of carbonyl (C=O) groups excluding carboxylic acids is 3. The summed E-state index contributed by atoms with van der Waals surface area (Å²) in [5.74, 6) is -1.96. The number of carbonyl (C=O) groups is 3. The number of allylic oxidation sites excluding steroid dienone is 13. The Morgan fingerprint density at radius 3 is 2.04 bits per heavy atom. The van der Waals surface area contributed by atoms with E-state index in [9.17, 15) is 34.8 Å². The van der Waals surface area contributed by atoms with E-state index in [-0.39, 0.29) is 18.6 Å². The van der Waals surface area contributed by atoms with Gasteiger partial charge >= 0.3 is 11.9 Å². The van der Waals surface area contributed by atoms with Crippen molar-refractivity contribution >= 4 is 17.7 Å². The third kappa shape index (κ3) is 14.1. The van der Waals surface area contributed by atoms with Gasteiger partial charge in [-0.25, -0.2) is 0 Å². The number of ketones is 1. The maximum atomic E-state index is 13.1. The lowest BCUT2D eigenvalue weighted by molar-refractivity contribution is -0.161. The molecule has 0 aliphatic heterocycles. The molecule has 0 aromatic heterocycles. The van der Waals surface area contributed by atoms with Gasteiger partial charge in [0.25, 0.3) is 0 Å². The number of hydrogen-bond donors (Lipinski definition) is 5. The lowest BCUT2D eigenvalue weighted by atomic mass is 9.71. The van der Waals surface area contributed by atoms with Crippen molar-refractivity contribution < 1.29 is 49.4 Å². The molecule has 1 aliphatic carbocycles. The van der Waals surface area contributed by atoms with Crippen molar-refractivity contribution in [2.75, 3.05) is 13.2 Å². The van der Waals surface area contributed by atoms with Crippen molar-refractivity contribution in [3.63, 3.8) is 0 Å². The van der Waals surface area contributed by atoms with Crippen LogP contribution in [0.15, 0.2) is 82.5 Å². The summed E-state index contributed by atoms with van der Waals surface area (Å²) in [6.07, 6.45) is 9.17. The van der Waals surface area contributed by atoms with Crippen LogP contribution in [0, 0.1) is 5.41 Å². The zero-order valence-corrected chi connectivity index (χ0v) is 27.4. The fourth-order valence-corrected chi connectivity index (χ4v) is 4.46. The summed E-state index contributed by atoms with van der Waals surface area (Å²) in [4.78, 5) is 37.6. The second-order valence-corrected chi connectivity index (χ2v) is 12.1. The molecule has 5 N–H and O–H groups in total. The van der Waals surface area contributed by atoms with E-state index in [1.807, 2.05) is 96.2 Å². The highest BCUT2D eigenvalue weighted by atomic mass is 16.6. The summed E-state index contributed by atoms with van der Waals surface area (Å²) in [7, 11) is 0. The van der Waals surface area contributed by atoms with Crippen molar-refractivity contribution in [3.05, 3.63) is 82.5 Å². The molecular weight excluding hydrogens is 580 g/mol. The standard InChI is InChI=1S/C35H50O10/c1-22(2)11-8-9-12-23(3)13-10-14-24(4)15-16-26-25(5)32(41)29(19-35(26,6)7)45-31(40)18-17-30(39)44-21-28(38)34(43)33(42)27(37)20-36/h8-16,27-29,33-34,36-38,42-43H,17-21H2,1-7H3/b9-8+,13-10+,16-15+,23-12+,24-14+. The molecule has 10 heteroatoms. The largest absolute Gasteiger partial charge is 0.463 e. The molecule has 0 spiro atoms. The predicted molar refractivity (Wildman–Crippen MR) is 172 cm³/mol. The van der Waals surface area contributed by atoms with Gasteiger partial charge < -0.3 is 35.0 Å². The Balaban J connectivity index is 2.73. The average molecular weight is 631 g/mol. The molecule has 0 bridgehead atoms. The molecule has 0 saturated carbocycles. The number of aliphatic hydroxyl groups excluding tert-OH is 5. The molecule has 0 aromatic rings. The molecule has 1 aliphatic rings. The molecule has 5 atom stereocenters. The Hall–Kier alpha value is -3.41. The first-order chi connectivity index (χ1) is 21.0. The fourth-order valence-electron chi connectivity index (χ4n) is 4.46. The third-order valence-corrected chi connectivity index (χ3v) is 7.17. The van der Waals surface area contributed by atoms with E-state index in [2.05, 4.69) is 0 Å². The molecule has 10 nitrogen and oxygen atoms in total. The van der Waals surface area contributed by atoms with Crippen molar-refractivity contribution in [1.29, 1.82) is 0 Å². The van der Waals surface area contributed by atoms with Crippen LogP contribution in [0.2, 0.25) is 0 Å². The second-order valence-electron chi connectivity index (χ2n) is 12.1. The number of rotatable bonds is 16. The van der Waals surface area contributed by atoms with Crippen LogP contribution in [0.25, 0.3) is 0 Å². The number of Topliss-reactive ketones (excluding diaryl/α,β-unsaturated/α-hetero) is 1. The van der Waals surface area contributed by atoms with Crippen LogP contribution >= 0.6 is 0 Å². The van der Waals surface area contributed by atoms with Crippen LogP contribution in [0.4, 0.5) is 0 Å². The van der Waals surface area contributed by atoms with Gasteiger partial charge in [0.1, 0.15) is 31.0 Å². The fraction of sp³-hybridized carbons (Fsp3) is 0.514. The van der Waals surface area contributed by atoms with Gasteiger partial charge in [0.05, 0.1) is 19.4 Å². The van der Waals surface area contributed by atoms with E-state index in [1.54, 1.807) is 6.92 Å². The first-order valence-electron chi connectivity index (χ1n) is 15.0. The summed E-state index contributed by atoms with van der Waals surface area (Å²) < 4.78 is 10.2. The van der Waals surface area contributed by atoms with Crippen LogP contribution in [0.3, 0.4) is 0 Å². The van der Waals surface area contributed by atoms with E-state index < -0.39 is 67.5 Å². The SMILES string of the molecule is CC(C)=C/C=C/C=C(C)/C=C/C=C(C)/C=C/C1=C(C)C(=O)C(OC(=O)CCC(=O)OCC(O)C(O)C(O)C(O)CO)CC1(C)C. The minimum absolute atomic E-state index is 0.262. The van der Waals surface area contributed by atoms with Crippen LogP contribution in [-0.2, 0) is 23.9 Å². The molecule has 0 saturated heterocycles. The molecule has 0 amide bonds. The highest BCUT2D eigenvalue weighted by Gasteiger charge is 2.40. The number of hydrogen-bond acceptors (Lipinski definition) is 10. The highest BCUT2D eigenvalue weighted by Crippen LogP contribution is 2.40. The average Bonchev–Trinajstić information content (AvgIpc) is 2.97. The van der Waals surface area contributed by atoms with Gasteiger partial charge in [-0.15, -0.1) is 0 Å². The van der Waals surface area contributed by atoms with Crippen molar-refractivity contribution in [1.82, 2.24) is 0 Å². The summed E-state index contributed by atoms with van der Waals surface area (Å²) in [5.41, 5.74) is 4.18. The van der Waals surface area contributed by atoms with Crippen LogP contribution in [0.5, 0.6) is 0 Å². The molecule has 250 valence electrons. The van der Waals surface area contributed by atoms with Crippen molar-refractivity contribution in [2.24, 2.45) is 5.41 Å². The first-order valence-corrected chi connectivity index (χ1v) is 15.0. The second kappa shape index (κ2) is 19.2. The number of ether oxygens (including phenoxy) is 2. The normalized spacial score (nSPS) is 20.4. The van der Waals surface area contributed by atoms with Crippen LogP contribution < -0.4 is 0 Å². The molecule has 45 heavy (non-hydrogen) atoms. The minimum atomic E-state index is -1.88. The van der Waals surface area contributed by atoms with E-state index >= 15 is 0 Å². The predicted octanol–water partition coefficient (Wildman–Crippen LogP) is 3.50. The van der Waals surface area contributed by atoms with E-state index in [0.29, 0.717) is 5.57 Å². The topological polar surface area (TPSA) is 171 Å². The maximum absolute atomic E-state index is 13.1. The monoisotopic (exact) mass is 630 g/mol. The lowest BCUT2D eigenvalue weighted by Crippen LogP contribution is -2.47. The van der Waals surface area contributed by atoms with E-state index in [0.717, 1.165) is 16.7 Å². The zero-order chi connectivity index (χ0) is 34.3. The lowest BCUT2D eigenvalue weighted by Gasteiger charge is -2.36. The third-order valence-electron chi connectivity index (χ3n) is 7.17. The Kier molecular flexibility index (Phi) is 16.9.